The van der Waals surface area contributed by atoms with Gasteiger partial charge in [0.15, 0.2) is 0 Å². The fourth-order valence-electron chi connectivity index (χ4n) is 2.05. The van der Waals surface area contributed by atoms with Gasteiger partial charge in [-0.2, -0.15) is 0 Å². The van der Waals surface area contributed by atoms with Gasteiger partial charge in [0.25, 0.3) is 0 Å². The van der Waals surface area contributed by atoms with Gasteiger partial charge in [0.2, 0.25) is 0 Å². The zero-order valence-electron chi connectivity index (χ0n) is 13.6. The molecule has 0 bridgehead atoms. The Balaban J connectivity index is 1.95. The van der Waals surface area contributed by atoms with Crippen molar-refractivity contribution in [3.63, 3.8) is 0 Å². The summed E-state index contributed by atoms with van der Waals surface area (Å²) >= 11 is -2.00. The summed E-state index contributed by atoms with van der Waals surface area (Å²) in [4.78, 5) is 0.389. The topological polar surface area (TPSA) is 37.4 Å². The normalized spacial score (nSPS) is 11.6. The average Bonchev–Trinajstić information content (AvgIpc) is 2.63. The van der Waals surface area contributed by atoms with E-state index in [9.17, 15) is 8.42 Å². The second-order valence-electron chi connectivity index (χ2n) is 5.32. The van der Waals surface area contributed by atoms with Crippen molar-refractivity contribution in [1.82, 2.24) is 0.806 Å². The van der Waals surface area contributed by atoms with Crippen LogP contribution in [0.3, 0.4) is 0 Å². The Morgan fingerprint density at radius 3 is 1.56 bits per heavy atom. The first-order valence-corrected chi connectivity index (χ1v) is 13.5. The molecule has 0 fully saturated rings. The molecule has 0 saturated carbocycles. The molecule has 0 spiro atoms. The number of hydrogen-bond donors (Lipinski definition) is 0. The zero-order chi connectivity index (χ0) is 17.7. The molecule has 3 rings (SSSR count). The molecule has 6 heteroatoms. The van der Waals surface area contributed by atoms with Crippen LogP contribution in [0.5, 0.6) is 0 Å². The van der Waals surface area contributed by atoms with E-state index in [4.69, 9.17) is 0 Å². The molecule has 0 aliphatic carbocycles. The summed E-state index contributed by atoms with van der Waals surface area (Å²) in [6, 6.07) is 27.1. The fourth-order valence-corrected chi connectivity index (χ4v) is 13.9. The summed E-state index contributed by atoms with van der Waals surface area (Å²) in [5, 5.41) is 0. The van der Waals surface area contributed by atoms with Crippen LogP contribution in [0.15, 0.2) is 89.8 Å². The Hall–Kier alpha value is -0.851. The van der Waals surface area contributed by atoms with E-state index in [1.54, 1.807) is 12.9 Å². The average molecular weight is 579 g/mol. The van der Waals surface area contributed by atoms with Gasteiger partial charge in [-0.3, -0.25) is 0 Å². The predicted molar refractivity (Wildman–Crippen MR) is 104 cm³/mol. The van der Waals surface area contributed by atoms with Crippen LogP contribution in [-0.2, 0) is 10.0 Å². The third kappa shape index (κ3) is 5.08. The first kappa shape index (κ1) is 18.9. The van der Waals surface area contributed by atoms with Crippen LogP contribution in [0.2, 0.25) is 0 Å². The molecule has 0 aliphatic heterocycles. The number of hydrogen-bond acceptors (Lipinski definition) is 2. The van der Waals surface area contributed by atoms with E-state index in [0.717, 1.165) is 12.8 Å². The Morgan fingerprint density at radius 2 is 1.12 bits per heavy atom. The first-order valence-electron chi connectivity index (χ1n) is 7.64. The molecule has 0 amide bonds. The standard InChI is InChI=1S/C19H17NO2STe2/c1-16-12-14-17(15-13-16)23(21,22)20(24-18-8-4-2-5-9-18)25-19-10-6-3-7-11-19/h2-15H,1H3. The van der Waals surface area contributed by atoms with E-state index < -0.39 is 52.4 Å². The van der Waals surface area contributed by atoms with Gasteiger partial charge in [0.1, 0.15) is 0 Å². The molecule has 0 radical (unpaired) electrons. The van der Waals surface area contributed by atoms with Crippen LogP contribution in [0, 0.1) is 6.92 Å². The summed E-state index contributed by atoms with van der Waals surface area (Å²) in [5.74, 6) is 0. The quantitative estimate of drug-likeness (QED) is 0.419. The van der Waals surface area contributed by atoms with Gasteiger partial charge in [-0.25, -0.2) is 0 Å². The second-order valence-corrected chi connectivity index (χ2v) is 16.6. The van der Waals surface area contributed by atoms with E-state index in [2.05, 4.69) is 0 Å². The van der Waals surface area contributed by atoms with Crippen molar-refractivity contribution in [2.75, 3.05) is 0 Å². The van der Waals surface area contributed by atoms with Crippen molar-refractivity contribution in [3.05, 3.63) is 90.5 Å². The van der Waals surface area contributed by atoms with Crippen LogP contribution in [0.25, 0.3) is 0 Å². The van der Waals surface area contributed by atoms with Crippen LogP contribution >= 0.6 is 0 Å². The zero-order valence-corrected chi connectivity index (χ0v) is 19.0. The molecule has 0 aliphatic rings. The van der Waals surface area contributed by atoms with E-state index in [1.807, 2.05) is 79.7 Å². The summed E-state index contributed by atoms with van der Waals surface area (Å²) in [6.45, 7) is 1.96. The Morgan fingerprint density at radius 1 is 0.680 bits per heavy atom. The number of benzene rings is 3. The fraction of sp³-hybridized carbons (Fsp3) is 0.0526. The van der Waals surface area contributed by atoms with Crippen LogP contribution in [0.4, 0.5) is 0 Å². The van der Waals surface area contributed by atoms with Crippen molar-refractivity contribution in [2.24, 2.45) is 0 Å². The van der Waals surface area contributed by atoms with Crippen molar-refractivity contribution in [1.29, 1.82) is 0 Å². The third-order valence-electron chi connectivity index (χ3n) is 3.36. The predicted octanol–water partition coefficient (Wildman–Crippen LogP) is 1.88. The third-order valence-corrected chi connectivity index (χ3v) is 15.4. The van der Waals surface area contributed by atoms with Gasteiger partial charge < -0.3 is 0 Å². The Kier molecular flexibility index (Phi) is 6.58. The maximum atomic E-state index is 13.2. The van der Waals surface area contributed by atoms with Gasteiger partial charge in [-0.05, 0) is 0 Å². The molecular formula is C19H17NO2STe2. The molecule has 3 nitrogen and oxygen atoms in total. The number of rotatable bonds is 6. The SMILES string of the molecule is Cc1ccc(S(=O)(=O)N([Te]c2ccccc2)[Te]c2ccccc2)cc1. The van der Waals surface area contributed by atoms with E-state index in [-0.39, 0.29) is 0 Å². The van der Waals surface area contributed by atoms with Crippen LogP contribution in [0.1, 0.15) is 5.56 Å². The molecule has 0 N–H and O–H groups in total. The van der Waals surface area contributed by atoms with Crippen molar-refractivity contribution < 1.29 is 8.42 Å². The summed E-state index contributed by atoms with van der Waals surface area (Å²) in [5.41, 5.74) is 1.06. The molecule has 128 valence electrons. The molecule has 3 aromatic rings. The van der Waals surface area contributed by atoms with Crippen molar-refractivity contribution in [2.45, 2.75) is 11.8 Å². The molecule has 3 aromatic carbocycles. The van der Waals surface area contributed by atoms with E-state index in [0.29, 0.717) is 4.90 Å². The molecule has 0 aromatic heterocycles. The minimum absolute atomic E-state index is 0.389. The summed E-state index contributed by atoms with van der Waals surface area (Å²) < 4.78 is 30.5. The monoisotopic (exact) mass is 583 g/mol. The van der Waals surface area contributed by atoms with Crippen molar-refractivity contribution in [3.8, 4) is 0 Å². The first-order chi connectivity index (χ1) is 12.1. The summed E-state index contributed by atoms with van der Waals surface area (Å²) in [6.07, 6.45) is 0. The van der Waals surface area contributed by atoms with E-state index >= 15 is 0 Å². The number of sulfonamides is 1. The molecule has 0 saturated heterocycles. The Bertz CT molecular complexity index is 873. The molecular weight excluding hydrogens is 561 g/mol. The van der Waals surface area contributed by atoms with Gasteiger partial charge in [-0.1, -0.05) is 0 Å². The molecule has 25 heavy (non-hydrogen) atoms. The van der Waals surface area contributed by atoms with Crippen LogP contribution < -0.4 is 7.22 Å². The molecule has 0 atom stereocenters. The summed E-state index contributed by atoms with van der Waals surface area (Å²) in [7, 11) is -3.47. The van der Waals surface area contributed by atoms with Gasteiger partial charge in [-0.15, -0.1) is 0 Å². The van der Waals surface area contributed by atoms with Gasteiger partial charge in [0, 0.05) is 0 Å². The van der Waals surface area contributed by atoms with Gasteiger partial charge in [0.05, 0.1) is 0 Å². The molecule has 0 heterocycles. The number of nitrogens with zero attached hydrogens (tertiary/aromatic N) is 1. The van der Waals surface area contributed by atoms with E-state index in [1.165, 1.54) is 0 Å². The van der Waals surface area contributed by atoms with Crippen molar-refractivity contribution >= 4 is 59.6 Å². The second kappa shape index (κ2) is 8.69. The molecule has 0 unspecified atom stereocenters. The maximum absolute atomic E-state index is 13.2. The number of aryl methyl sites for hydroxylation is 1. The Labute approximate surface area is 170 Å². The minimum atomic E-state index is -3.47. The van der Waals surface area contributed by atoms with Crippen LogP contribution in [-0.4, -0.2) is 51.6 Å². The van der Waals surface area contributed by atoms with Gasteiger partial charge >= 0.3 is 171 Å².